The molecule has 2 fully saturated rings. The van der Waals surface area contributed by atoms with Crippen LogP contribution in [-0.2, 0) is 19.9 Å². The molecule has 0 aromatic heterocycles. The van der Waals surface area contributed by atoms with E-state index in [0.717, 1.165) is 17.7 Å². The normalized spacial score (nSPS) is 17.3. The van der Waals surface area contributed by atoms with Crippen LogP contribution in [0.5, 0.6) is 0 Å². The van der Waals surface area contributed by atoms with E-state index in [0.29, 0.717) is 11.1 Å². The second-order valence-corrected chi connectivity index (χ2v) is 7.90. The van der Waals surface area contributed by atoms with Gasteiger partial charge < -0.3 is 15.5 Å². The molecule has 8 heteroatoms. The molecule has 2 aliphatic rings. The predicted octanol–water partition coefficient (Wildman–Crippen LogP) is 1.22. The van der Waals surface area contributed by atoms with Crippen molar-refractivity contribution in [1.29, 1.82) is 0 Å². The van der Waals surface area contributed by atoms with E-state index in [1.165, 1.54) is 11.9 Å². The molecular formula is C23H24N4O4. The Bertz CT molecular complexity index is 965. The van der Waals surface area contributed by atoms with E-state index in [9.17, 15) is 19.2 Å². The third-order valence-corrected chi connectivity index (χ3v) is 5.56. The first kappa shape index (κ1) is 20.6. The molecule has 1 saturated heterocycles. The largest absolute Gasteiger partial charge is 0.352 e. The van der Waals surface area contributed by atoms with Crippen molar-refractivity contribution in [2.24, 2.45) is 0 Å². The van der Waals surface area contributed by atoms with Crippen LogP contribution in [0.4, 0.5) is 4.79 Å². The molecule has 1 aliphatic carbocycles. The number of hydrogen-bond acceptors (Lipinski definition) is 4. The van der Waals surface area contributed by atoms with Gasteiger partial charge in [-0.05, 0) is 24.0 Å². The monoisotopic (exact) mass is 420 g/mol. The summed E-state index contributed by atoms with van der Waals surface area (Å²) >= 11 is 0. The van der Waals surface area contributed by atoms with Gasteiger partial charge in [0.1, 0.15) is 6.54 Å². The van der Waals surface area contributed by atoms with E-state index in [4.69, 9.17) is 0 Å². The topological polar surface area (TPSA) is 98.8 Å². The fourth-order valence-corrected chi connectivity index (χ4v) is 3.71. The lowest BCUT2D eigenvalue weighted by Gasteiger charge is -2.28. The Balaban J connectivity index is 1.56. The second kappa shape index (κ2) is 8.22. The van der Waals surface area contributed by atoms with Gasteiger partial charge >= 0.3 is 6.03 Å². The molecule has 0 radical (unpaired) electrons. The van der Waals surface area contributed by atoms with Crippen molar-refractivity contribution in [3.8, 4) is 0 Å². The third-order valence-electron chi connectivity index (χ3n) is 5.56. The molecule has 160 valence electrons. The van der Waals surface area contributed by atoms with Crippen molar-refractivity contribution < 1.29 is 19.2 Å². The predicted molar refractivity (Wildman–Crippen MR) is 113 cm³/mol. The summed E-state index contributed by atoms with van der Waals surface area (Å²) in [6, 6.07) is 17.4. The van der Waals surface area contributed by atoms with Gasteiger partial charge in [-0.3, -0.25) is 19.3 Å². The van der Waals surface area contributed by atoms with Gasteiger partial charge in [-0.1, -0.05) is 60.7 Å². The molecule has 5 amide bonds. The Morgan fingerprint density at radius 1 is 1.03 bits per heavy atom. The van der Waals surface area contributed by atoms with Gasteiger partial charge in [0.15, 0.2) is 5.54 Å². The number of carbonyl (C=O) groups is 4. The van der Waals surface area contributed by atoms with Gasteiger partial charge in [0.25, 0.3) is 5.91 Å². The van der Waals surface area contributed by atoms with Crippen LogP contribution in [0.2, 0.25) is 0 Å². The van der Waals surface area contributed by atoms with E-state index in [1.54, 1.807) is 48.5 Å². The number of hydrogen-bond donors (Lipinski definition) is 2. The summed E-state index contributed by atoms with van der Waals surface area (Å²) in [4.78, 5) is 53.2. The zero-order valence-electron chi connectivity index (χ0n) is 17.2. The molecule has 0 atom stereocenters. The first-order valence-electron chi connectivity index (χ1n) is 10.2. The molecule has 1 heterocycles. The first-order chi connectivity index (χ1) is 14.9. The SMILES string of the molecule is CN(CC(=O)NC1CC1)C(=O)CN1C(=O)NC(c2ccccc2)(c2ccccc2)C1=O. The van der Waals surface area contributed by atoms with Gasteiger partial charge in [-0.15, -0.1) is 0 Å². The number of urea groups is 1. The molecule has 2 N–H and O–H groups in total. The van der Waals surface area contributed by atoms with Gasteiger partial charge in [0, 0.05) is 13.1 Å². The summed E-state index contributed by atoms with van der Waals surface area (Å²) in [6.07, 6.45) is 1.90. The van der Waals surface area contributed by atoms with Crippen molar-refractivity contribution >= 4 is 23.8 Å². The smallest absolute Gasteiger partial charge is 0.326 e. The lowest BCUT2D eigenvalue weighted by atomic mass is 9.82. The minimum atomic E-state index is -1.41. The highest BCUT2D eigenvalue weighted by atomic mass is 16.2. The summed E-state index contributed by atoms with van der Waals surface area (Å²) < 4.78 is 0. The molecule has 2 aromatic rings. The fraction of sp³-hybridized carbons (Fsp3) is 0.304. The van der Waals surface area contributed by atoms with Crippen molar-refractivity contribution in [3.05, 3.63) is 71.8 Å². The number of imide groups is 1. The van der Waals surface area contributed by atoms with Gasteiger partial charge in [0.05, 0.1) is 6.54 Å². The molecular weight excluding hydrogens is 396 g/mol. The number of likely N-dealkylation sites (N-methyl/N-ethyl adjacent to an activating group) is 1. The molecule has 1 saturated carbocycles. The number of nitrogens with zero attached hydrogens (tertiary/aromatic N) is 2. The lowest BCUT2D eigenvalue weighted by Crippen LogP contribution is -2.47. The maximum Gasteiger partial charge on any atom is 0.326 e. The van der Waals surface area contributed by atoms with E-state index in [2.05, 4.69) is 10.6 Å². The maximum atomic E-state index is 13.6. The number of nitrogens with one attached hydrogen (secondary N) is 2. The Morgan fingerprint density at radius 2 is 1.58 bits per heavy atom. The van der Waals surface area contributed by atoms with E-state index in [-0.39, 0.29) is 18.5 Å². The van der Waals surface area contributed by atoms with Crippen LogP contribution in [-0.4, -0.2) is 59.7 Å². The minimum absolute atomic E-state index is 0.124. The average Bonchev–Trinajstić information content (AvgIpc) is 3.55. The third kappa shape index (κ3) is 4.01. The summed E-state index contributed by atoms with van der Waals surface area (Å²) in [6.45, 7) is -0.569. The molecule has 31 heavy (non-hydrogen) atoms. The molecule has 0 unspecified atom stereocenters. The van der Waals surface area contributed by atoms with Gasteiger partial charge in [-0.25, -0.2) is 4.79 Å². The summed E-state index contributed by atoms with van der Waals surface area (Å²) in [5, 5.41) is 5.62. The fourth-order valence-electron chi connectivity index (χ4n) is 3.71. The first-order valence-corrected chi connectivity index (χ1v) is 10.2. The lowest BCUT2D eigenvalue weighted by molar-refractivity contribution is -0.139. The maximum absolute atomic E-state index is 13.6. The standard InChI is InChI=1S/C23H24N4O4/c1-26(14-19(28)24-18-12-13-18)20(29)15-27-21(30)23(25-22(27)31,16-8-4-2-5-9-16)17-10-6-3-7-11-17/h2-11,18H,12-15H2,1H3,(H,24,28)(H,25,31). The van der Waals surface area contributed by atoms with Crippen molar-refractivity contribution in [2.75, 3.05) is 20.1 Å². The Kier molecular flexibility index (Phi) is 5.46. The van der Waals surface area contributed by atoms with Crippen molar-refractivity contribution in [1.82, 2.24) is 20.4 Å². The van der Waals surface area contributed by atoms with Crippen LogP contribution < -0.4 is 10.6 Å². The summed E-state index contributed by atoms with van der Waals surface area (Å²) in [7, 11) is 1.48. The Hall–Kier alpha value is -3.68. The Morgan fingerprint density at radius 3 is 2.10 bits per heavy atom. The van der Waals surface area contributed by atoms with Gasteiger partial charge in [0.2, 0.25) is 11.8 Å². The second-order valence-electron chi connectivity index (χ2n) is 7.90. The van der Waals surface area contributed by atoms with Crippen LogP contribution in [0, 0.1) is 0 Å². The molecule has 0 bridgehead atoms. The van der Waals surface area contributed by atoms with E-state index in [1.807, 2.05) is 12.1 Å². The van der Waals surface area contributed by atoms with Gasteiger partial charge in [-0.2, -0.15) is 0 Å². The molecule has 1 aliphatic heterocycles. The van der Waals surface area contributed by atoms with Crippen molar-refractivity contribution in [2.45, 2.75) is 24.4 Å². The summed E-state index contributed by atoms with van der Waals surface area (Å²) in [5.74, 6) is -1.27. The van der Waals surface area contributed by atoms with Crippen LogP contribution >= 0.6 is 0 Å². The summed E-state index contributed by atoms with van der Waals surface area (Å²) in [5.41, 5.74) is -0.208. The van der Waals surface area contributed by atoms with E-state index < -0.39 is 29.9 Å². The molecule has 0 spiro atoms. The molecule has 2 aromatic carbocycles. The van der Waals surface area contributed by atoms with E-state index >= 15 is 0 Å². The quantitative estimate of drug-likeness (QED) is 0.658. The van der Waals surface area contributed by atoms with Crippen LogP contribution in [0.25, 0.3) is 0 Å². The van der Waals surface area contributed by atoms with Crippen LogP contribution in [0.15, 0.2) is 60.7 Å². The number of rotatable bonds is 7. The van der Waals surface area contributed by atoms with Crippen LogP contribution in [0.1, 0.15) is 24.0 Å². The average molecular weight is 420 g/mol. The highest BCUT2D eigenvalue weighted by Crippen LogP contribution is 2.35. The zero-order chi connectivity index (χ0) is 22.0. The molecule has 4 rings (SSSR count). The Labute approximate surface area is 180 Å². The number of carbonyl (C=O) groups excluding carboxylic acids is 4. The number of amides is 5. The van der Waals surface area contributed by atoms with Crippen molar-refractivity contribution in [3.63, 3.8) is 0 Å². The highest BCUT2D eigenvalue weighted by molar-refractivity contribution is 6.11. The molecule has 8 nitrogen and oxygen atoms in total. The zero-order valence-corrected chi connectivity index (χ0v) is 17.2. The highest BCUT2D eigenvalue weighted by Gasteiger charge is 2.54. The minimum Gasteiger partial charge on any atom is -0.352 e. The van der Waals surface area contributed by atoms with Crippen LogP contribution in [0.3, 0.4) is 0 Å². The number of benzene rings is 2.